The molecule has 1 amide bonds. The second kappa shape index (κ2) is 3.01. The zero-order chi connectivity index (χ0) is 10.3. The van der Waals surface area contributed by atoms with E-state index in [4.69, 9.17) is 5.11 Å². The van der Waals surface area contributed by atoms with Crippen LogP contribution in [0.15, 0.2) is 12.2 Å². The lowest BCUT2D eigenvalue weighted by Gasteiger charge is -2.27. The Labute approximate surface area is 80.9 Å². The minimum absolute atomic E-state index is 0.0106. The SMILES string of the molecule is COC(=O)C1C2C=CC(C2)N1C(=O)O. The van der Waals surface area contributed by atoms with E-state index in [1.165, 1.54) is 12.0 Å². The monoisotopic (exact) mass is 197 g/mol. The topological polar surface area (TPSA) is 66.8 Å². The Hall–Kier alpha value is -1.52. The van der Waals surface area contributed by atoms with Crippen molar-refractivity contribution in [3.8, 4) is 0 Å². The third kappa shape index (κ3) is 1.08. The number of likely N-dealkylation sites (tertiary alicyclic amines) is 1. The van der Waals surface area contributed by atoms with E-state index in [-0.39, 0.29) is 12.0 Å². The Morgan fingerprint density at radius 3 is 2.79 bits per heavy atom. The van der Waals surface area contributed by atoms with Gasteiger partial charge < -0.3 is 9.84 Å². The highest BCUT2D eigenvalue weighted by Gasteiger charge is 2.49. The average molecular weight is 197 g/mol. The van der Waals surface area contributed by atoms with Crippen molar-refractivity contribution in [2.45, 2.75) is 18.5 Å². The highest BCUT2D eigenvalue weighted by molar-refractivity contribution is 5.83. The summed E-state index contributed by atoms with van der Waals surface area (Å²) < 4.78 is 4.59. The first-order chi connectivity index (χ1) is 6.65. The summed E-state index contributed by atoms with van der Waals surface area (Å²) in [6.45, 7) is 0. The molecule has 1 saturated heterocycles. The second-order valence-corrected chi connectivity index (χ2v) is 3.51. The third-order valence-electron chi connectivity index (χ3n) is 2.82. The van der Waals surface area contributed by atoms with Crippen molar-refractivity contribution < 1.29 is 19.4 Å². The highest BCUT2D eigenvalue weighted by atomic mass is 16.5. The summed E-state index contributed by atoms with van der Waals surface area (Å²) in [6, 6.07) is -0.797. The van der Waals surface area contributed by atoms with Gasteiger partial charge in [-0.25, -0.2) is 9.59 Å². The summed E-state index contributed by atoms with van der Waals surface area (Å²) in [4.78, 5) is 23.4. The number of fused-ring (bicyclic) bond motifs is 2. The first kappa shape index (κ1) is 9.05. The maximum Gasteiger partial charge on any atom is 0.408 e. The van der Waals surface area contributed by atoms with Gasteiger partial charge in [0.15, 0.2) is 0 Å². The second-order valence-electron chi connectivity index (χ2n) is 3.51. The van der Waals surface area contributed by atoms with Crippen molar-refractivity contribution in [1.82, 2.24) is 4.90 Å². The summed E-state index contributed by atoms with van der Waals surface area (Å²) in [5.74, 6) is -0.479. The van der Waals surface area contributed by atoms with Crippen LogP contribution in [0, 0.1) is 5.92 Å². The number of carboxylic acid groups (broad SMARTS) is 1. The van der Waals surface area contributed by atoms with Gasteiger partial charge in [0, 0.05) is 5.92 Å². The zero-order valence-corrected chi connectivity index (χ0v) is 7.71. The Bertz CT molecular complexity index is 312. The van der Waals surface area contributed by atoms with Crippen molar-refractivity contribution in [2.24, 2.45) is 5.92 Å². The fourth-order valence-electron chi connectivity index (χ4n) is 2.23. The van der Waals surface area contributed by atoms with Gasteiger partial charge in [-0.05, 0) is 6.42 Å². The van der Waals surface area contributed by atoms with Gasteiger partial charge in [-0.2, -0.15) is 0 Å². The summed E-state index contributed by atoms with van der Waals surface area (Å²) >= 11 is 0. The number of nitrogens with zero attached hydrogens (tertiary/aromatic N) is 1. The van der Waals surface area contributed by atoms with Crippen molar-refractivity contribution in [2.75, 3.05) is 7.11 Å². The molecule has 5 nitrogen and oxygen atoms in total. The first-order valence-electron chi connectivity index (χ1n) is 4.42. The van der Waals surface area contributed by atoms with E-state index in [0.29, 0.717) is 6.42 Å². The Kier molecular flexibility index (Phi) is 1.94. The fourth-order valence-corrected chi connectivity index (χ4v) is 2.23. The van der Waals surface area contributed by atoms with Crippen LogP contribution in [0.5, 0.6) is 0 Å². The molecule has 0 aromatic rings. The number of hydrogen-bond acceptors (Lipinski definition) is 3. The molecule has 3 unspecified atom stereocenters. The molecule has 14 heavy (non-hydrogen) atoms. The van der Waals surface area contributed by atoms with Crippen LogP contribution in [-0.2, 0) is 9.53 Å². The minimum atomic E-state index is -1.06. The predicted molar refractivity (Wildman–Crippen MR) is 46.7 cm³/mol. The van der Waals surface area contributed by atoms with Gasteiger partial charge in [-0.1, -0.05) is 12.2 Å². The number of esters is 1. The normalized spacial score (nSPS) is 33.5. The zero-order valence-electron chi connectivity index (χ0n) is 7.71. The van der Waals surface area contributed by atoms with Gasteiger partial charge in [-0.15, -0.1) is 0 Å². The summed E-state index contributed by atoms with van der Waals surface area (Å²) in [5.41, 5.74) is 0. The van der Waals surface area contributed by atoms with E-state index >= 15 is 0 Å². The molecule has 0 saturated carbocycles. The Balaban J connectivity index is 2.26. The third-order valence-corrected chi connectivity index (χ3v) is 2.82. The van der Waals surface area contributed by atoms with Crippen LogP contribution in [-0.4, -0.2) is 41.3 Å². The average Bonchev–Trinajstić information content (AvgIpc) is 2.74. The van der Waals surface area contributed by atoms with Crippen molar-refractivity contribution >= 4 is 12.1 Å². The lowest BCUT2D eigenvalue weighted by molar-refractivity contribution is -0.146. The standard InChI is InChI=1S/C9H11NO4/c1-14-8(11)7-5-2-3-6(4-5)10(7)9(12)13/h2-3,5-7H,4H2,1H3,(H,12,13). The van der Waals surface area contributed by atoms with E-state index in [2.05, 4.69) is 4.74 Å². The van der Waals surface area contributed by atoms with Crippen molar-refractivity contribution in [3.05, 3.63) is 12.2 Å². The van der Waals surface area contributed by atoms with Gasteiger partial charge in [0.25, 0.3) is 0 Å². The van der Waals surface area contributed by atoms with Gasteiger partial charge >= 0.3 is 12.1 Å². The maximum absolute atomic E-state index is 11.4. The first-order valence-corrected chi connectivity index (χ1v) is 4.42. The Morgan fingerprint density at radius 2 is 2.21 bits per heavy atom. The molecule has 1 heterocycles. The smallest absolute Gasteiger partial charge is 0.408 e. The van der Waals surface area contributed by atoms with E-state index in [1.807, 2.05) is 12.2 Å². The number of amides is 1. The molecule has 1 aliphatic carbocycles. The number of ether oxygens (including phenoxy) is 1. The molecule has 2 aliphatic rings. The molecule has 0 aromatic heterocycles. The fraction of sp³-hybridized carbons (Fsp3) is 0.556. The number of hydrogen-bond donors (Lipinski definition) is 1. The summed E-state index contributed by atoms with van der Waals surface area (Å²) in [5, 5.41) is 8.93. The highest BCUT2D eigenvalue weighted by Crippen LogP contribution is 2.37. The van der Waals surface area contributed by atoms with Crippen LogP contribution in [0.1, 0.15) is 6.42 Å². The van der Waals surface area contributed by atoms with Crippen molar-refractivity contribution in [3.63, 3.8) is 0 Å². The van der Waals surface area contributed by atoms with Gasteiger partial charge in [0.1, 0.15) is 6.04 Å². The van der Waals surface area contributed by atoms with Crippen LogP contribution in [0.25, 0.3) is 0 Å². The molecule has 76 valence electrons. The minimum Gasteiger partial charge on any atom is -0.467 e. The molecule has 0 spiro atoms. The predicted octanol–water partition coefficient (Wildman–Crippen LogP) is 0.466. The van der Waals surface area contributed by atoms with Gasteiger partial charge in [0.2, 0.25) is 0 Å². The van der Waals surface area contributed by atoms with Crippen LogP contribution in [0.3, 0.4) is 0 Å². The molecule has 3 atom stereocenters. The van der Waals surface area contributed by atoms with E-state index < -0.39 is 18.1 Å². The van der Waals surface area contributed by atoms with Crippen LogP contribution >= 0.6 is 0 Å². The maximum atomic E-state index is 11.4. The largest absolute Gasteiger partial charge is 0.467 e. The summed E-state index contributed by atoms with van der Waals surface area (Å²) in [6.07, 6.45) is 3.37. The van der Waals surface area contributed by atoms with E-state index in [1.54, 1.807) is 0 Å². The molecular weight excluding hydrogens is 186 g/mol. The van der Waals surface area contributed by atoms with Crippen molar-refractivity contribution in [1.29, 1.82) is 0 Å². The van der Waals surface area contributed by atoms with Crippen LogP contribution < -0.4 is 0 Å². The molecule has 1 fully saturated rings. The molecular formula is C9H11NO4. The number of rotatable bonds is 1. The molecule has 2 bridgehead atoms. The molecule has 2 rings (SSSR count). The van der Waals surface area contributed by atoms with E-state index in [9.17, 15) is 9.59 Å². The Morgan fingerprint density at radius 1 is 1.50 bits per heavy atom. The lowest BCUT2D eigenvalue weighted by Crippen LogP contribution is -2.47. The van der Waals surface area contributed by atoms with Gasteiger partial charge in [-0.3, -0.25) is 4.90 Å². The number of carbonyl (C=O) groups excluding carboxylic acids is 1. The molecule has 1 N–H and O–H groups in total. The molecule has 5 heteroatoms. The molecule has 0 aromatic carbocycles. The quantitative estimate of drug-likeness (QED) is 0.490. The number of carbonyl (C=O) groups is 2. The molecule has 1 aliphatic heterocycles. The molecule has 0 radical (unpaired) electrons. The van der Waals surface area contributed by atoms with Gasteiger partial charge in [0.05, 0.1) is 13.2 Å². The summed E-state index contributed by atoms with van der Waals surface area (Å²) in [7, 11) is 1.28. The van der Waals surface area contributed by atoms with Crippen LogP contribution in [0.4, 0.5) is 4.79 Å². The lowest BCUT2D eigenvalue weighted by atomic mass is 10.0. The number of methoxy groups -OCH3 is 1. The van der Waals surface area contributed by atoms with E-state index in [0.717, 1.165) is 0 Å². The van der Waals surface area contributed by atoms with Crippen LogP contribution in [0.2, 0.25) is 0 Å².